The number of piperidine rings is 1. The third kappa shape index (κ3) is 4.74. The molecule has 6 heteroatoms. The molecule has 1 aromatic heterocycles. The molecule has 0 saturated carbocycles. The molecule has 1 aliphatic rings. The Bertz CT molecular complexity index is 453. The lowest BCUT2D eigenvalue weighted by atomic mass is 10.1. The minimum absolute atomic E-state index is 0.142. The number of carbonyl (C=O) groups excluding carboxylic acids is 1. The molecular weight excluding hydrogens is 268 g/mol. The highest BCUT2D eigenvalue weighted by Gasteiger charge is 2.28. The van der Waals surface area contributed by atoms with Crippen molar-refractivity contribution in [3.05, 3.63) is 18.2 Å². The molecule has 2 unspecified atom stereocenters. The first kappa shape index (κ1) is 15.8. The molecule has 2 atom stereocenters. The van der Waals surface area contributed by atoms with Crippen molar-refractivity contribution in [2.75, 3.05) is 13.1 Å². The molecule has 2 rings (SSSR count). The lowest BCUT2D eigenvalue weighted by molar-refractivity contribution is 0.0183. The van der Waals surface area contributed by atoms with E-state index >= 15 is 0 Å². The molecule has 1 saturated heterocycles. The maximum Gasteiger partial charge on any atom is 0.410 e. The van der Waals surface area contributed by atoms with Gasteiger partial charge in [0.15, 0.2) is 0 Å². The van der Waals surface area contributed by atoms with E-state index in [4.69, 9.17) is 4.74 Å². The van der Waals surface area contributed by atoms with Crippen LogP contribution in [-0.4, -0.2) is 45.7 Å². The standard InChI is InChI=1S/C15H26N4O2/c1-11(13-16-7-8-17-13)18-12-6-5-9-19(10-12)14(20)21-15(2,3)4/h7-8,11-12,18H,5-6,9-10H2,1-4H3,(H,16,17). The average Bonchev–Trinajstić information content (AvgIpc) is 2.91. The number of imidazole rings is 1. The number of carbonyl (C=O) groups is 1. The second-order valence-electron chi connectivity index (χ2n) is 6.63. The number of aromatic amines is 1. The van der Waals surface area contributed by atoms with Crippen molar-refractivity contribution >= 4 is 6.09 Å². The van der Waals surface area contributed by atoms with Crippen molar-refractivity contribution in [2.24, 2.45) is 0 Å². The predicted octanol–water partition coefficient (Wildman–Crippen LogP) is 2.46. The largest absolute Gasteiger partial charge is 0.444 e. The van der Waals surface area contributed by atoms with Gasteiger partial charge in [-0.1, -0.05) is 0 Å². The van der Waals surface area contributed by atoms with Crippen LogP contribution >= 0.6 is 0 Å². The highest BCUT2D eigenvalue weighted by molar-refractivity contribution is 5.68. The SMILES string of the molecule is CC(NC1CCCN(C(=O)OC(C)(C)C)C1)c1ncc[nH]1. The molecule has 6 nitrogen and oxygen atoms in total. The van der Waals surface area contributed by atoms with Crippen molar-refractivity contribution < 1.29 is 9.53 Å². The Morgan fingerprint density at radius 1 is 1.57 bits per heavy atom. The predicted molar refractivity (Wildman–Crippen MR) is 81.0 cm³/mol. The second-order valence-corrected chi connectivity index (χ2v) is 6.63. The Balaban J connectivity index is 1.87. The van der Waals surface area contributed by atoms with Crippen LogP contribution in [0.1, 0.15) is 52.4 Å². The van der Waals surface area contributed by atoms with E-state index in [0.29, 0.717) is 6.54 Å². The van der Waals surface area contributed by atoms with Gasteiger partial charge in [0.05, 0.1) is 6.04 Å². The summed E-state index contributed by atoms with van der Waals surface area (Å²) in [5.74, 6) is 0.921. The molecule has 1 fully saturated rings. The quantitative estimate of drug-likeness (QED) is 0.898. The summed E-state index contributed by atoms with van der Waals surface area (Å²) in [7, 11) is 0. The zero-order valence-corrected chi connectivity index (χ0v) is 13.3. The van der Waals surface area contributed by atoms with E-state index in [1.54, 1.807) is 11.1 Å². The van der Waals surface area contributed by atoms with Crippen LogP contribution in [0.5, 0.6) is 0 Å². The molecule has 0 aliphatic carbocycles. The zero-order chi connectivity index (χ0) is 15.5. The average molecular weight is 294 g/mol. The molecule has 1 amide bonds. The highest BCUT2D eigenvalue weighted by atomic mass is 16.6. The normalized spacial score (nSPS) is 21.1. The van der Waals surface area contributed by atoms with Crippen LogP contribution in [0, 0.1) is 0 Å². The minimum Gasteiger partial charge on any atom is -0.444 e. The number of rotatable bonds is 3. The van der Waals surface area contributed by atoms with E-state index in [2.05, 4.69) is 22.2 Å². The maximum atomic E-state index is 12.1. The van der Waals surface area contributed by atoms with Gasteiger partial charge in [-0.25, -0.2) is 9.78 Å². The summed E-state index contributed by atoms with van der Waals surface area (Å²) in [4.78, 5) is 21.3. The summed E-state index contributed by atoms with van der Waals surface area (Å²) in [5.41, 5.74) is -0.446. The Hall–Kier alpha value is -1.56. The topological polar surface area (TPSA) is 70.2 Å². The number of hydrogen-bond acceptors (Lipinski definition) is 4. The lowest BCUT2D eigenvalue weighted by Gasteiger charge is -2.35. The summed E-state index contributed by atoms with van der Waals surface area (Å²) >= 11 is 0. The number of amides is 1. The van der Waals surface area contributed by atoms with Crippen molar-refractivity contribution in [1.82, 2.24) is 20.2 Å². The monoisotopic (exact) mass is 294 g/mol. The van der Waals surface area contributed by atoms with Gasteiger partial charge in [-0.3, -0.25) is 0 Å². The summed E-state index contributed by atoms with van der Waals surface area (Å²) in [6, 6.07) is 0.412. The minimum atomic E-state index is -0.446. The smallest absolute Gasteiger partial charge is 0.410 e. The van der Waals surface area contributed by atoms with Gasteiger partial charge in [-0.15, -0.1) is 0 Å². The molecular formula is C15H26N4O2. The molecule has 118 valence electrons. The van der Waals surface area contributed by atoms with Crippen molar-refractivity contribution in [1.29, 1.82) is 0 Å². The highest BCUT2D eigenvalue weighted by Crippen LogP contribution is 2.17. The van der Waals surface area contributed by atoms with Crippen LogP contribution in [0.3, 0.4) is 0 Å². The van der Waals surface area contributed by atoms with E-state index in [1.165, 1.54) is 0 Å². The van der Waals surface area contributed by atoms with Crippen molar-refractivity contribution in [3.8, 4) is 0 Å². The molecule has 2 N–H and O–H groups in total. The summed E-state index contributed by atoms with van der Waals surface area (Å²) in [6.45, 7) is 9.20. The fraction of sp³-hybridized carbons (Fsp3) is 0.733. The van der Waals surface area contributed by atoms with Crippen molar-refractivity contribution in [3.63, 3.8) is 0 Å². The van der Waals surface area contributed by atoms with E-state index in [-0.39, 0.29) is 18.2 Å². The molecule has 0 spiro atoms. The van der Waals surface area contributed by atoms with E-state index in [1.807, 2.05) is 27.0 Å². The van der Waals surface area contributed by atoms with Crippen molar-refractivity contribution in [2.45, 2.75) is 58.2 Å². The molecule has 0 aromatic carbocycles. The number of hydrogen-bond donors (Lipinski definition) is 2. The van der Waals surface area contributed by atoms with Gasteiger partial charge in [0.25, 0.3) is 0 Å². The number of likely N-dealkylation sites (tertiary alicyclic amines) is 1. The first-order chi connectivity index (χ1) is 9.85. The van der Waals surface area contributed by atoms with Gasteiger partial charge < -0.3 is 19.9 Å². The second kappa shape index (κ2) is 6.47. The molecule has 21 heavy (non-hydrogen) atoms. The Morgan fingerprint density at radius 2 is 2.33 bits per heavy atom. The molecule has 1 aromatic rings. The first-order valence-corrected chi connectivity index (χ1v) is 7.58. The Labute approximate surface area is 126 Å². The van der Waals surface area contributed by atoms with Gasteiger partial charge in [0.2, 0.25) is 0 Å². The number of ether oxygens (including phenoxy) is 1. The number of nitrogens with one attached hydrogen (secondary N) is 2. The lowest BCUT2D eigenvalue weighted by Crippen LogP contribution is -2.49. The van der Waals surface area contributed by atoms with Crippen LogP contribution in [0.25, 0.3) is 0 Å². The van der Waals surface area contributed by atoms with Gasteiger partial charge in [-0.05, 0) is 40.5 Å². The fourth-order valence-corrected chi connectivity index (χ4v) is 2.55. The summed E-state index contributed by atoms with van der Waals surface area (Å²) < 4.78 is 5.44. The van der Waals surface area contributed by atoms with Crippen LogP contribution in [0.2, 0.25) is 0 Å². The number of H-pyrrole nitrogens is 1. The van der Waals surface area contributed by atoms with Crippen LogP contribution < -0.4 is 5.32 Å². The van der Waals surface area contributed by atoms with Crippen LogP contribution in [0.4, 0.5) is 4.79 Å². The van der Waals surface area contributed by atoms with Crippen LogP contribution in [-0.2, 0) is 4.74 Å². The zero-order valence-electron chi connectivity index (χ0n) is 13.3. The number of nitrogens with zero attached hydrogens (tertiary/aromatic N) is 2. The summed E-state index contributed by atoms with van der Waals surface area (Å²) in [5, 5.41) is 3.53. The third-order valence-electron chi connectivity index (χ3n) is 3.49. The molecule has 1 aliphatic heterocycles. The van der Waals surface area contributed by atoms with Crippen LogP contribution in [0.15, 0.2) is 12.4 Å². The summed E-state index contributed by atoms with van der Waals surface area (Å²) in [6.07, 6.45) is 5.40. The van der Waals surface area contributed by atoms with Gasteiger partial charge in [0.1, 0.15) is 11.4 Å². The first-order valence-electron chi connectivity index (χ1n) is 7.58. The van der Waals surface area contributed by atoms with E-state index < -0.39 is 5.60 Å². The Morgan fingerprint density at radius 3 is 2.95 bits per heavy atom. The Kier molecular flexibility index (Phi) is 4.88. The van der Waals surface area contributed by atoms with E-state index in [0.717, 1.165) is 25.2 Å². The van der Waals surface area contributed by atoms with E-state index in [9.17, 15) is 4.79 Å². The van der Waals surface area contributed by atoms with Gasteiger partial charge in [-0.2, -0.15) is 0 Å². The van der Waals surface area contributed by atoms with Gasteiger partial charge >= 0.3 is 6.09 Å². The maximum absolute atomic E-state index is 12.1. The van der Waals surface area contributed by atoms with Gasteiger partial charge in [0, 0.05) is 31.5 Å². The number of aromatic nitrogens is 2. The molecule has 0 radical (unpaired) electrons. The fourth-order valence-electron chi connectivity index (χ4n) is 2.55. The molecule has 2 heterocycles. The molecule has 0 bridgehead atoms. The third-order valence-corrected chi connectivity index (χ3v) is 3.49.